The first-order chi connectivity index (χ1) is 39.5. The maximum Gasteiger partial charge on any atom is 0.306 e. The molecule has 0 aliphatic heterocycles. The van der Waals surface area contributed by atoms with Crippen molar-refractivity contribution in [2.75, 3.05) is 13.2 Å². The Kier molecular flexibility index (Phi) is 62.4. The molecule has 0 bridgehead atoms. The van der Waals surface area contributed by atoms with Gasteiger partial charge in [-0.05, 0) is 116 Å². The molecule has 1 atom stereocenters. The van der Waals surface area contributed by atoms with Crippen molar-refractivity contribution in [3.05, 3.63) is 158 Å². The molecule has 0 spiro atoms. The topological polar surface area (TPSA) is 78.9 Å². The Morgan fingerprint density at radius 1 is 0.263 bits per heavy atom. The molecule has 0 aromatic carbocycles. The fraction of sp³-hybridized carbons (Fsp3) is 0.608. The fourth-order valence-electron chi connectivity index (χ4n) is 8.51. The van der Waals surface area contributed by atoms with Gasteiger partial charge in [-0.25, -0.2) is 0 Å². The van der Waals surface area contributed by atoms with Gasteiger partial charge in [-0.1, -0.05) is 294 Å². The van der Waals surface area contributed by atoms with Gasteiger partial charge in [0, 0.05) is 19.3 Å². The number of allylic oxidation sites excluding steroid dienone is 26. The molecule has 6 heteroatoms. The number of ether oxygens (including phenoxy) is 3. The summed E-state index contributed by atoms with van der Waals surface area (Å²) in [4.78, 5) is 38.2. The van der Waals surface area contributed by atoms with Gasteiger partial charge >= 0.3 is 17.9 Å². The Morgan fingerprint density at radius 2 is 0.512 bits per heavy atom. The summed E-state index contributed by atoms with van der Waals surface area (Å²) in [5.41, 5.74) is 0. The number of carbonyl (C=O) groups is 3. The van der Waals surface area contributed by atoms with Gasteiger partial charge in [0.2, 0.25) is 0 Å². The molecule has 450 valence electrons. The molecule has 0 radical (unpaired) electrons. The molecule has 6 nitrogen and oxygen atoms in total. The monoisotopic (exact) mass is 1100 g/mol. The predicted octanol–water partition coefficient (Wildman–Crippen LogP) is 22.5. The molecule has 0 aliphatic rings. The molecule has 0 saturated heterocycles. The zero-order valence-corrected chi connectivity index (χ0v) is 51.5. The SMILES string of the molecule is CC/C=C\C/C=C\C/C=C\C/C=C\C/C=C\C/C=C\C/C=C\C/C=C\C/C=C\CCCCCCCCCC(=O)OCC(COC(=O)CC/C=C\C/C=C\C/C=C\C/C=C\CC)OC(=O)CCCCCCCCCCCCCCCC. The van der Waals surface area contributed by atoms with Gasteiger partial charge in [0.25, 0.3) is 0 Å². The minimum atomic E-state index is -0.816. The molecule has 80 heavy (non-hydrogen) atoms. The van der Waals surface area contributed by atoms with E-state index in [0.717, 1.165) is 128 Å². The van der Waals surface area contributed by atoms with Crippen LogP contribution in [0.25, 0.3) is 0 Å². The van der Waals surface area contributed by atoms with Crippen molar-refractivity contribution in [2.24, 2.45) is 0 Å². The van der Waals surface area contributed by atoms with Crippen LogP contribution >= 0.6 is 0 Å². The largest absolute Gasteiger partial charge is 0.462 e. The van der Waals surface area contributed by atoms with Gasteiger partial charge in [-0.3, -0.25) is 14.4 Å². The third-order valence-electron chi connectivity index (χ3n) is 13.3. The average Bonchev–Trinajstić information content (AvgIpc) is 3.46. The van der Waals surface area contributed by atoms with Crippen LogP contribution in [0.1, 0.15) is 271 Å². The zero-order valence-electron chi connectivity index (χ0n) is 51.5. The summed E-state index contributed by atoms with van der Waals surface area (Å²) in [7, 11) is 0. The lowest BCUT2D eigenvalue weighted by Gasteiger charge is -2.18. The van der Waals surface area contributed by atoms with E-state index in [9.17, 15) is 14.4 Å². The van der Waals surface area contributed by atoms with Crippen LogP contribution in [0.5, 0.6) is 0 Å². The molecule has 0 saturated carbocycles. The van der Waals surface area contributed by atoms with E-state index in [1.54, 1.807) is 0 Å². The van der Waals surface area contributed by atoms with Crippen molar-refractivity contribution in [1.29, 1.82) is 0 Å². The van der Waals surface area contributed by atoms with E-state index in [1.807, 2.05) is 6.08 Å². The Hall–Kier alpha value is -4.97. The standard InChI is InChI=1S/C74H118O6/c1-4-7-10-13-16-19-22-25-27-28-29-30-31-32-33-34-35-36-37-38-39-40-41-42-43-44-45-46-47-50-52-55-58-61-64-67-73(76)79-70-71(69-78-72(75)66-63-60-57-54-51-48-24-21-18-15-12-9-6-3)80-74(77)68-65-62-59-56-53-49-26-23-20-17-14-11-8-5-2/h7,9-10,12,16,18-19,21,25,27,29-30,32-33,35-36,38-39,41-42,44-45,48,51,57,60,71H,4-6,8,11,13-15,17,20,22-24,26,28,31,34,37,40,43,46-47,49-50,52-56,58-59,61-70H2,1-3H3/b10-7-,12-9-,19-16-,21-18-,27-25-,30-29-,33-32-,36-35-,39-38-,42-41-,45-44-,51-48-,60-57-. The van der Waals surface area contributed by atoms with Crippen LogP contribution in [0.3, 0.4) is 0 Å². The van der Waals surface area contributed by atoms with E-state index in [4.69, 9.17) is 14.2 Å². The molecule has 0 heterocycles. The van der Waals surface area contributed by atoms with E-state index >= 15 is 0 Å². The zero-order chi connectivity index (χ0) is 57.8. The summed E-state index contributed by atoms with van der Waals surface area (Å²) < 4.78 is 16.8. The number of hydrogen-bond donors (Lipinski definition) is 0. The minimum Gasteiger partial charge on any atom is -0.462 e. The van der Waals surface area contributed by atoms with Gasteiger partial charge in [0.05, 0.1) is 0 Å². The second-order valence-corrected chi connectivity index (χ2v) is 20.9. The summed E-state index contributed by atoms with van der Waals surface area (Å²) in [6.07, 6.45) is 97.0. The average molecular weight is 1100 g/mol. The maximum atomic E-state index is 12.9. The van der Waals surface area contributed by atoms with Crippen molar-refractivity contribution in [1.82, 2.24) is 0 Å². The van der Waals surface area contributed by atoms with Crippen molar-refractivity contribution in [2.45, 2.75) is 277 Å². The van der Waals surface area contributed by atoms with E-state index < -0.39 is 6.10 Å². The molecular formula is C74H118O6. The lowest BCUT2D eigenvalue weighted by atomic mass is 10.0. The van der Waals surface area contributed by atoms with Crippen LogP contribution in [0, 0.1) is 0 Å². The first kappa shape index (κ1) is 75.0. The van der Waals surface area contributed by atoms with Crippen molar-refractivity contribution >= 4 is 17.9 Å². The van der Waals surface area contributed by atoms with Gasteiger partial charge < -0.3 is 14.2 Å². The van der Waals surface area contributed by atoms with Gasteiger partial charge in [-0.2, -0.15) is 0 Å². The number of carbonyl (C=O) groups excluding carboxylic acids is 3. The maximum absolute atomic E-state index is 12.9. The van der Waals surface area contributed by atoms with E-state index in [1.165, 1.54) is 96.3 Å². The minimum absolute atomic E-state index is 0.109. The van der Waals surface area contributed by atoms with Gasteiger partial charge in [0.1, 0.15) is 13.2 Å². The normalized spacial score (nSPS) is 13.2. The Balaban J connectivity index is 4.29. The van der Waals surface area contributed by atoms with Gasteiger partial charge in [-0.15, -0.1) is 0 Å². The van der Waals surface area contributed by atoms with Crippen LogP contribution in [0.4, 0.5) is 0 Å². The molecule has 0 N–H and O–H groups in total. The summed E-state index contributed by atoms with van der Waals surface area (Å²) in [5.74, 6) is -1.00. The second-order valence-electron chi connectivity index (χ2n) is 20.9. The first-order valence-electron chi connectivity index (χ1n) is 32.5. The summed E-state index contributed by atoms with van der Waals surface area (Å²) >= 11 is 0. The number of esters is 3. The molecule has 0 rings (SSSR count). The van der Waals surface area contributed by atoms with Crippen molar-refractivity contribution in [3.63, 3.8) is 0 Å². The third kappa shape index (κ3) is 63.9. The highest BCUT2D eigenvalue weighted by Gasteiger charge is 2.19. The smallest absolute Gasteiger partial charge is 0.306 e. The van der Waals surface area contributed by atoms with Crippen LogP contribution in [-0.4, -0.2) is 37.2 Å². The Labute approximate surface area is 492 Å². The van der Waals surface area contributed by atoms with E-state index in [0.29, 0.717) is 19.3 Å². The fourth-order valence-corrected chi connectivity index (χ4v) is 8.51. The first-order valence-corrected chi connectivity index (χ1v) is 32.5. The molecular weight excluding hydrogens is 985 g/mol. The number of hydrogen-bond acceptors (Lipinski definition) is 6. The molecule has 1 unspecified atom stereocenters. The summed E-state index contributed by atoms with van der Waals surface area (Å²) in [6.45, 7) is 6.34. The van der Waals surface area contributed by atoms with Crippen molar-refractivity contribution in [3.8, 4) is 0 Å². The highest BCUT2D eigenvalue weighted by Crippen LogP contribution is 2.15. The molecule has 0 fully saturated rings. The second kappa shape index (κ2) is 66.5. The van der Waals surface area contributed by atoms with Crippen LogP contribution in [-0.2, 0) is 28.6 Å². The highest BCUT2D eigenvalue weighted by molar-refractivity contribution is 5.71. The molecule has 0 aliphatic carbocycles. The number of unbranched alkanes of at least 4 members (excludes halogenated alkanes) is 20. The van der Waals surface area contributed by atoms with Gasteiger partial charge in [0.15, 0.2) is 6.10 Å². The number of rotatable bonds is 57. The Morgan fingerprint density at radius 3 is 0.838 bits per heavy atom. The lowest BCUT2D eigenvalue weighted by molar-refractivity contribution is -0.166. The lowest BCUT2D eigenvalue weighted by Crippen LogP contribution is -2.30. The third-order valence-corrected chi connectivity index (χ3v) is 13.3. The predicted molar refractivity (Wildman–Crippen MR) is 348 cm³/mol. The molecule has 0 amide bonds. The van der Waals surface area contributed by atoms with E-state index in [2.05, 4.69) is 173 Å². The summed E-state index contributed by atoms with van der Waals surface area (Å²) in [5, 5.41) is 0. The van der Waals surface area contributed by atoms with Crippen molar-refractivity contribution < 1.29 is 28.6 Å². The quantitative estimate of drug-likeness (QED) is 0.0261. The van der Waals surface area contributed by atoms with E-state index in [-0.39, 0.29) is 37.5 Å². The van der Waals surface area contributed by atoms with Crippen LogP contribution in [0.2, 0.25) is 0 Å². The Bertz CT molecular complexity index is 1790. The molecule has 0 aromatic rings. The molecule has 0 aromatic heterocycles. The van der Waals surface area contributed by atoms with Crippen LogP contribution in [0.15, 0.2) is 158 Å². The van der Waals surface area contributed by atoms with Crippen LogP contribution < -0.4 is 0 Å². The highest BCUT2D eigenvalue weighted by atomic mass is 16.6. The summed E-state index contributed by atoms with van der Waals surface area (Å²) in [6, 6.07) is 0.